The van der Waals surface area contributed by atoms with Crippen LogP contribution in [0.5, 0.6) is 0 Å². The number of hydrogen-bond donors (Lipinski definition) is 3. The van der Waals surface area contributed by atoms with E-state index < -0.39 is 21.3 Å². The number of primary sulfonamides is 1. The van der Waals surface area contributed by atoms with Gasteiger partial charge in [0.25, 0.3) is 0 Å². The van der Waals surface area contributed by atoms with Crippen molar-refractivity contribution in [2.24, 2.45) is 16.3 Å². The summed E-state index contributed by atoms with van der Waals surface area (Å²) < 4.78 is 21.1. The molecule has 0 saturated carbocycles. The zero-order chi connectivity index (χ0) is 12.3. The van der Waals surface area contributed by atoms with Gasteiger partial charge in [-0.3, -0.25) is 4.79 Å². The van der Waals surface area contributed by atoms with Crippen LogP contribution in [0.2, 0.25) is 0 Å². The number of carbonyl (C=O) groups is 1. The SMILES string of the molecule is CC(C)(C(=O)NCCS(N)(=O)=O)C(N)=S. The highest BCUT2D eigenvalue weighted by molar-refractivity contribution is 7.89. The highest BCUT2D eigenvalue weighted by atomic mass is 32.2. The van der Waals surface area contributed by atoms with Gasteiger partial charge in [-0.15, -0.1) is 0 Å². The molecule has 0 bridgehead atoms. The molecule has 0 radical (unpaired) electrons. The average molecular weight is 253 g/mol. The fraction of sp³-hybridized carbons (Fsp3) is 0.714. The molecule has 88 valence electrons. The molecule has 0 heterocycles. The average Bonchev–Trinajstić information content (AvgIpc) is 2.01. The van der Waals surface area contributed by atoms with E-state index in [2.05, 4.69) is 5.32 Å². The van der Waals surface area contributed by atoms with Crippen LogP contribution in [0.25, 0.3) is 0 Å². The maximum atomic E-state index is 11.5. The lowest BCUT2D eigenvalue weighted by Gasteiger charge is -2.21. The Bertz CT molecular complexity index is 362. The van der Waals surface area contributed by atoms with Crippen molar-refractivity contribution < 1.29 is 13.2 Å². The first-order valence-electron chi connectivity index (χ1n) is 4.16. The Hall–Kier alpha value is -0.730. The van der Waals surface area contributed by atoms with Crippen molar-refractivity contribution in [3.8, 4) is 0 Å². The number of rotatable bonds is 5. The van der Waals surface area contributed by atoms with E-state index in [9.17, 15) is 13.2 Å². The second kappa shape index (κ2) is 4.86. The number of thiocarbonyl (C=S) groups is 1. The molecular formula is C7H15N3O3S2. The molecule has 8 heteroatoms. The van der Waals surface area contributed by atoms with Gasteiger partial charge in [0.05, 0.1) is 16.2 Å². The Balaban J connectivity index is 4.23. The van der Waals surface area contributed by atoms with E-state index in [0.717, 1.165) is 0 Å². The van der Waals surface area contributed by atoms with Crippen molar-refractivity contribution in [2.75, 3.05) is 12.3 Å². The minimum Gasteiger partial charge on any atom is -0.392 e. The van der Waals surface area contributed by atoms with Gasteiger partial charge >= 0.3 is 0 Å². The molecule has 0 aliphatic heterocycles. The Morgan fingerprint density at radius 3 is 2.27 bits per heavy atom. The Morgan fingerprint density at radius 2 is 1.93 bits per heavy atom. The summed E-state index contributed by atoms with van der Waals surface area (Å²) >= 11 is 4.71. The molecule has 15 heavy (non-hydrogen) atoms. The van der Waals surface area contributed by atoms with E-state index in [-0.39, 0.29) is 17.3 Å². The van der Waals surface area contributed by atoms with E-state index in [1.54, 1.807) is 13.8 Å². The first-order valence-corrected chi connectivity index (χ1v) is 6.28. The molecule has 0 unspecified atom stereocenters. The minimum absolute atomic E-state index is 0.0515. The summed E-state index contributed by atoms with van der Waals surface area (Å²) in [5, 5.41) is 7.16. The van der Waals surface area contributed by atoms with Gasteiger partial charge in [-0.05, 0) is 13.8 Å². The molecule has 0 aliphatic carbocycles. The second-order valence-electron chi connectivity index (χ2n) is 3.61. The molecule has 0 spiro atoms. The molecule has 5 N–H and O–H groups in total. The smallest absolute Gasteiger partial charge is 0.232 e. The summed E-state index contributed by atoms with van der Waals surface area (Å²) in [4.78, 5) is 11.5. The van der Waals surface area contributed by atoms with Gasteiger partial charge in [0.1, 0.15) is 0 Å². The number of amides is 1. The Morgan fingerprint density at radius 1 is 1.47 bits per heavy atom. The molecule has 0 aromatic heterocycles. The quantitative estimate of drug-likeness (QED) is 0.527. The van der Waals surface area contributed by atoms with Crippen LogP contribution in [0.4, 0.5) is 0 Å². The van der Waals surface area contributed by atoms with Crippen molar-refractivity contribution in [2.45, 2.75) is 13.8 Å². The molecule has 0 aromatic rings. The standard InChI is InChI=1S/C7H15N3O3S2/c1-7(2,5(8)14)6(11)10-3-4-15(9,12)13/h3-4H2,1-2H3,(H2,8,14)(H,10,11)(H2,9,12,13). The summed E-state index contributed by atoms with van der Waals surface area (Å²) in [6.45, 7) is 3.06. The maximum absolute atomic E-state index is 11.5. The Kier molecular flexibility index (Phi) is 4.63. The summed E-state index contributed by atoms with van der Waals surface area (Å²) in [5.74, 6) is -0.731. The summed E-state index contributed by atoms with van der Waals surface area (Å²) in [6.07, 6.45) is 0. The van der Waals surface area contributed by atoms with E-state index in [1.165, 1.54) is 0 Å². The maximum Gasteiger partial charge on any atom is 0.232 e. The van der Waals surface area contributed by atoms with Crippen molar-refractivity contribution in [3.05, 3.63) is 0 Å². The normalized spacial score (nSPS) is 12.2. The van der Waals surface area contributed by atoms with Crippen molar-refractivity contribution in [1.82, 2.24) is 5.32 Å². The first kappa shape index (κ1) is 14.3. The third kappa shape index (κ3) is 5.05. The van der Waals surface area contributed by atoms with Crippen molar-refractivity contribution in [1.29, 1.82) is 0 Å². The van der Waals surface area contributed by atoms with E-state index >= 15 is 0 Å². The predicted molar refractivity (Wildman–Crippen MR) is 61.6 cm³/mol. The van der Waals surface area contributed by atoms with Crippen LogP contribution in [-0.2, 0) is 14.8 Å². The van der Waals surface area contributed by atoms with Crippen LogP contribution in [0, 0.1) is 5.41 Å². The van der Waals surface area contributed by atoms with Gasteiger partial charge in [-0.1, -0.05) is 12.2 Å². The molecule has 1 amide bonds. The summed E-state index contributed by atoms with van der Waals surface area (Å²) in [7, 11) is -3.56. The van der Waals surface area contributed by atoms with Gasteiger partial charge in [0.15, 0.2) is 0 Å². The van der Waals surface area contributed by atoms with Gasteiger partial charge in [0.2, 0.25) is 15.9 Å². The molecule has 6 nitrogen and oxygen atoms in total. The fourth-order valence-corrected chi connectivity index (χ4v) is 1.12. The molecule has 0 aliphatic rings. The molecule has 0 rings (SSSR count). The van der Waals surface area contributed by atoms with Crippen LogP contribution in [-0.4, -0.2) is 31.6 Å². The van der Waals surface area contributed by atoms with Gasteiger partial charge in [0, 0.05) is 6.54 Å². The number of nitrogens with one attached hydrogen (secondary N) is 1. The third-order valence-electron chi connectivity index (χ3n) is 1.86. The number of carbonyl (C=O) groups excluding carboxylic acids is 1. The Labute approximate surface area is 94.4 Å². The second-order valence-corrected chi connectivity index (χ2v) is 5.79. The summed E-state index contributed by atoms with van der Waals surface area (Å²) in [6, 6.07) is 0. The van der Waals surface area contributed by atoms with Gasteiger partial charge < -0.3 is 11.1 Å². The van der Waals surface area contributed by atoms with Crippen LogP contribution >= 0.6 is 12.2 Å². The first-order chi connectivity index (χ1) is 6.57. The van der Waals surface area contributed by atoms with E-state index in [4.69, 9.17) is 23.1 Å². The van der Waals surface area contributed by atoms with Crippen LogP contribution in [0.15, 0.2) is 0 Å². The summed E-state index contributed by atoms with van der Waals surface area (Å²) in [5.41, 5.74) is 4.36. The molecule has 0 fully saturated rings. The number of nitrogens with two attached hydrogens (primary N) is 2. The lowest BCUT2D eigenvalue weighted by Crippen LogP contribution is -2.46. The molecule has 0 atom stereocenters. The van der Waals surface area contributed by atoms with Crippen molar-refractivity contribution in [3.63, 3.8) is 0 Å². The minimum atomic E-state index is -3.56. The lowest BCUT2D eigenvalue weighted by molar-refractivity contribution is -0.126. The monoisotopic (exact) mass is 253 g/mol. The van der Waals surface area contributed by atoms with Crippen LogP contribution < -0.4 is 16.2 Å². The highest BCUT2D eigenvalue weighted by Crippen LogP contribution is 2.14. The van der Waals surface area contributed by atoms with Crippen LogP contribution in [0.3, 0.4) is 0 Å². The lowest BCUT2D eigenvalue weighted by atomic mass is 9.92. The van der Waals surface area contributed by atoms with E-state index in [0.29, 0.717) is 0 Å². The third-order valence-corrected chi connectivity index (χ3v) is 3.14. The fourth-order valence-electron chi connectivity index (χ4n) is 0.640. The topological polar surface area (TPSA) is 115 Å². The van der Waals surface area contributed by atoms with Crippen LogP contribution in [0.1, 0.15) is 13.8 Å². The molecule has 0 saturated heterocycles. The number of hydrogen-bond acceptors (Lipinski definition) is 4. The molecule has 0 aromatic carbocycles. The predicted octanol–water partition coefficient (Wildman–Crippen LogP) is -1.30. The van der Waals surface area contributed by atoms with Gasteiger partial charge in [-0.25, -0.2) is 13.6 Å². The molecular weight excluding hydrogens is 238 g/mol. The largest absolute Gasteiger partial charge is 0.392 e. The highest BCUT2D eigenvalue weighted by Gasteiger charge is 2.30. The van der Waals surface area contributed by atoms with Crippen molar-refractivity contribution >= 4 is 33.1 Å². The zero-order valence-corrected chi connectivity index (χ0v) is 10.2. The number of sulfonamides is 1. The zero-order valence-electron chi connectivity index (χ0n) is 8.61. The van der Waals surface area contributed by atoms with E-state index in [1.807, 2.05) is 0 Å². The van der Waals surface area contributed by atoms with Gasteiger partial charge in [-0.2, -0.15) is 0 Å².